The number of carbonyl (C=O) groups excluding carboxylic acids is 2. The molecule has 4 aromatic rings. The Bertz CT molecular complexity index is 1520. The van der Waals surface area contributed by atoms with Gasteiger partial charge in [-0.1, -0.05) is 67.4 Å². The number of carbonyl (C=O) groups is 2. The molecule has 0 radical (unpaired) electrons. The quantitative estimate of drug-likeness (QED) is 0.256. The van der Waals surface area contributed by atoms with Crippen molar-refractivity contribution in [3.05, 3.63) is 100 Å². The minimum Gasteiger partial charge on any atom is -0.368 e. The number of nitrogens with one attached hydrogen (secondary N) is 1. The number of hydrogen-bond acceptors (Lipinski definition) is 4. The van der Waals surface area contributed by atoms with Crippen molar-refractivity contribution in [2.24, 2.45) is 17.1 Å². The monoisotopic (exact) mass is 575 g/mol. The standard InChI is InChI=1S/C31H31Cl2N5O2/c1-31(2)21(15-29(39)36-27(30(34)40)13-19-7-4-3-5-8-19)14-23(31)28-17-26(20-9-6-12-35-18-20)37-38(28)22-10-11-24(32)25(33)16-22/h3-12,16-18,21,23,27H,13-15H2,1-2H3,(H2,34,40)(H,36,39). The highest BCUT2D eigenvalue weighted by Crippen LogP contribution is 2.58. The lowest BCUT2D eigenvalue weighted by Crippen LogP contribution is -2.49. The van der Waals surface area contributed by atoms with E-state index >= 15 is 0 Å². The van der Waals surface area contributed by atoms with E-state index in [9.17, 15) is 9.59 Å². The fraction of sp³-hybridized carbons (Fsp3) is 0.290. The first-order valence-corrected chi connectivity index (χ1v) is 14.0. The molecule has 1 fully saturated rings. The maximum Gasteiger partial charge on any atom is 0.240 e. The van der Waals surface area contributed by atoms with Crippen molar-refractivity contribution >= 4 is 35.0 Å². The second kappa shape index (κ2) is 11.4. The summed E-state index contributed by atoms with van der Waals surface area (Å²) < 4.78 is 1.91. The van der Waals surface area contributed by atoms with Crippen LogP contribution in [0.4, 0.5) is 0 Å². The number of rotatable bonds is 9. The Hall–Kier alpha value is -3.68. The van der Waals surface area contributed by atoms with Gasteiger partial charge in [-0.3, -0.25) is 14.6 Å². The first kappa shape index (κ1) is 27.9. The van der Waals surface area contributed by atoms with Crippen LogP contribution in [0.5, 0.6) is 0 Å². The zero-order valence-electron chi connectivity index (χ0n) is 22.4. The van der Waals surface area contributed by atoms with E-state index in [0.29, 0.717) is 22.9 Å². The third-order valence-corrected chi connectivity index (χ3v) is 8.80. The van der Waals surface area contributed by atoms with Crippen molar-refractivity contribution in [2.75, 3.05) is 0 Å². The Morgan fingerprint density at radius 2 is 1.85 bits per heavy atom. The Balaban J connectivity index is 1.35. The molecule has 206 valence electrons. The van der Waals surface area contributed by atoms with Gasteiger partial charge in [-0.05, 0) is 59.7 Å². The lowest BCUT2D eigenvalue weighted by Gasteiger charge is -2.52. The molecule has 40 heavy (non-hydrogen) atoms. The summed E-state index contributed by atoms with van der Waals surface area (Å²) in [6.45, 7) is 4.34. The smallest absolute Gasteiger partial charge is 0.240 e. The van der Waals surface area contributed by atoms with Gasteiger partial charge in [-0.2, -0.15) is 5.10 Å². The van der Waals surface area contributed by atoms with Crippen molar-refractivity contribution in [1.82, 2.24) is 20.1 Å². The van der Waals surface area contributed by atoms with Crippen LogP contribution in [0.1, 0.15) is 43.9 Å². The molecule has 2 heterocycles. The van der Waals surface area contributed by atoms with Gasteiger partial charge >= 0.3 is 0 Å². The summed E-state index contributed by atoms with van der Waals surface area (Å²) in [5, 5.41) is 8.71. The molecule has 3 atom stereocenters. The summed E-state index contributed by atoms with van der Waals surface area (Å²) >= 11 is 12.5. The Kier molecular flexibility index (Phi) is 7.97. The van der Waals surface area contributed by atoms with Crippen LogP contribution in [-0.2, 0) is 16.0 Å². The number of hydrogen-bond donors (Lipinski definition) is 2. The first-order chi connectivity index (χ1) is 19.1. The molecule has 2 aromatic carbocycles. The molecule has 3 unspecified atom stereocenters. The summed E-state index contributed by atoms with van der Waals surface area (Å²) in [5.74, 6) is -0.475. The van der Waals surface area contributed by atoms with E-state index in [2.05, 4.69) is 30.2 Å². The Labute approximate surface area is 243 Å². The van der Waals surface area contributed by atoms with Crippen LogP contribution in [-0.4, -0.2) is 32.6 Å². The molecule has 1 aliphatic carbocycles. The molecule has 1 saturated carbocycles. The maximum absolute atomic E-state index is 13.1. The molecular weight excluding hydrogens is 545 g/mol. The number of halogens is 2. The molecule has 3 N–H and O–H groups in total. The Morgan fingerprint density at radius 1 is 1.07 bits per heavy atom. The van der Waals surface area contributed by atoms with E-state index in [0.717, 1.165) is 34.6 Å². The van der Waals surface area contributed by atoms with Crippen molar-refractivity contribution in [1.29, 1.82) is 0 Å². The fourth-order valence-corrected chi connectivity index (χ4v) is 5.83. The average Bonchev–Trinajstić information content (AvgIpc) is 3.37. The molecular formula is C31H31Cl2N5O2. The van der Waals surface area contributed by atoms with E-state index in [1.54, 1.807) is 24.5 Å². The van der Waals surface area contributed by atoms with E-state index in [4.69, 9.17) is 34.0 Å². The molecule has 2 aromatic heterocycles. The maximum atomic E-state index is 13.1. The van der Waals surface area contributed by atoms with Gasteiger partial charge in [0.1, 0.15) is 6.04 Å². The zero-order chi connectivity index (χ0) is 28.4. The molecule has 5 rings (SSSR count). The fourth-order valence-electron chi connectivity index (χ4n) is 5.54. The van der Waals surface area contributed by atoms with E-state index in [1.165, 1.54) is 0 Å². The normalized spacial score (nSPS) is 18.5. The van der Waals surface area contributed by atoms with Crippen molar-refractivity contribution in [3.8, 4) is 16.9 Å². The zero-order valence-corrected chi connectivity index (χ0v) is 23.9. The van der Waals surface area contributed by atoms with Crippen molar-refractivity contribution < 1.29 is 9.59 Å². The van der Waals surface area contributed by atoms with Crippen LogP contribution in [0.25, 0.3) is 16.9 Å². The lowest BCUT2D eigenvalue weighted by atomic mass is 9.52. The topological polar surface area (TPSA) is 103 Å². The van der Waals surface area contributed by atoms with Crippen LogP contribution < -0.4 is 11.1 Å². The van der Waals surface area contributed by atoms with Crippen LogP contribution in [0, 0.1) is 11.3 Å². The number of amides is 2. The van der Waals surface area contributed by atoms with Gasteiger partial charge in [0, 0.05) is 42.4 Å². The second-order valence-corrected chi connectivity index (χ2v) is 11.7. The van der Waals surface area contributed by atoms with Gasteiger partial charge in [0.05, 0.1) is 21.4 Å². The first-order valence-electron chi connectivity index (χ1n) is 13.2. The third kappa shape index (κ3) is 5.76. The number of pyridine rings is 1. The van der Waals surface area contributed by atoms with Gasteiger partial charge in [0.25, 0.3) is 0 Å². The largest absolute Gasteiger partial charge is 0.368 e. The highest BCUT2D eigenvalue weighted by molar-refractivity contribution is 6.42. The van der Waals surface area contributed by atoms with Crippen molar-refractivity contribution in [2.45, 2.75) is 45.1 Å². The Morgan fingerprint density at radius 3 is 2.50 bits per heavy atom. The lowest BCUT2D eigenvalue weighted by molar-refractivity contribution is -0.130. The summed E-state index contributed by atoms with van der Waals surface area (Å²) in [5.41, 5.74) is 9.89. The molecule has 7 nitrogen and oxygen atoms in total. The van der Waals surface area contributed by atoms with Crippen molar-refractivity contribution in [3.63, 3.8) is 0 Å². The SMILES string of the molecule is CC1(C)C(CC(=O)NC(Cc2ccccc2)C(N)=O)CC1c1cc(-c2cccnc2)nn1-c1ccc(Cl)c(Cl)c1. The van der Waals surface area contributed by atoms with Gasteiger partial charge < -0.3 is 11.1 Å². The van der Waals surface area contributed by atoms with Crippen LogP contribution >= 0.6 is 23.2 Å². The number of aromatic nitrogens is 3. The van der Waals surface area contributed by atoms with Gasteiger partial charge in [0.2, 0.25) is 11.8 Å². The minimum atomic E-state index is -0.757. The van der Waals surface area contributed by atoms with Gasteiger partial charge in [-0.25, -0.2) is 4.68 Å². The van der Waals surface area contributed by atoms with Crippen LogP contribution in [0.2, 0.25) is 10.0 Å². The minimum absolute atomic E-state index is 0.113. The molecule has 2 amide bonds. The molecule has 0 bridgehead atoms. The summed E-state index contributed by atoms with van der Waals surface area (Å²) in [6, 6.07) is 20.2. The number of benzene rings is 2. The molecule has 9 heteroatoms. The molecule has 0 saturated heterocycles. The highest BCUT2D eigenvalue weighted by Gasteiger charge is 2.50. The van der Waals surface area contributed by atoms with E-state index in [-0.39, 0.29) is 23.2 Å². The van der Waals surface area contributed by atoms with Gasteiger partial charge in [-0.15, -0.1) is 0 Å². The number of nitrogens with two attached hydrogens (primary N) is 1. The predicted octanol–water partition coefficient (Wildman–Crippen LogP) is 5.97. The molecule has 1 aliphatic rings. The highest BCUT2D eigenvalue weighted by atomic mass is 35.5. The van der Waals surface area contributed by atoms with E-state index < -0.39 is 11.9 Å². The van der Waals surface area contributed by atoms with Crippen LogP contribution in [0.15, 0.2) is 79.1 Å². The summed E-state index contributed by atoms with van der Waals surface area (Å²) in [6.07, 6.45) is 4.97. The molecule has 0 aliphatic heterocycles. The van der Waals surface area contributed by atoms with E-state index in [1.807, 2.05) is 53.2 Å². The summed E-state index contributed by atoms with van der Waals surface area (Å²) in [4.78, 5) is 29.4. The average molecular weight is 577 g/mol. The number of nitrogens with zero attached hydrogens (tertiary/aromatic N) is 3. The third-order valence-electron chi connectivity index (χ3n) is 8.06. The number of primary amides is 1. The predicted molar refractivity (Wildman–Crippen MR) is 157 cm³/mol. The van der Waals surface area contributed by atoms with Crippen LogP contribution in [0.3, 0.4) is 0 Å². The summed E-state index contributed by atoms with van der Waals surface area (Å²) in [7, 11) is 0. The second-order valence-electron chi connectivity index (χ2n) is 10.9. The molecule has 0 spiro atoms. The van der Waals surface area contributed by atoms with Gasteiger partial charge in [0.15, 0.2) is 0 Å².